The maximum Gasteiger partial charge on any atom is 0.275 e. The number of pyridine rings is 1. The first-order valence-corrected chi connectivity index (χ1v) is 9.65. The standard InChI is InChI=1S/C20H20FN7O3/c1-12-6-15(26-31-12)18-24-23-17-7-16(29-3)19(25-28(17)18)30-9-14-5-4-13(8-22-14)20(21)10-27(2)11-20/h4-8H,9-11H2,1-3H3. The van der Waals surface area contributed by atoms with Gasteiger partial charge in [-0.05, 0) is 20.0 Å². The van der Waals surface area contributed by atoms with Gasteiger partial charge in [-0.3, -0.25) is 9.88 Å². The normalized spacial score (nSPS) is 15.7. The molecule has 4 aromatic rings. The molecule has 0 aromatic carbocycles. The summed E-state index contributed by atoms with van der Waals surface area (Å²) < 4.78 is 32.6. The van der Waals surface area contributed by atoms with E-state index in [0.29, 0.717) is 53.0 Å². The molecule has 5 heterocycles. The highest BCUT2D eigenvalue weighted by Gasteiger charge is 2.43. The van der Waals surface area contributed by atoms with Crippen LogP contribution in [0.25, 0.3) is 17.2 Å². The molecule has 11 heteroatoms. The van der Waals surface area contributed by atoms with Gasteiger partial charge in [-0.1, -0.05) is 11.2 Å². The van der Waals surface area contributed by atoms with E-state index in [1.165, 1.54) is 11.6 Å². The predicted molar refractivity (Wildman–Crippen MR) is 106 cm³/mol. The average Bonchev–Trinajstić information content (AvgIpc) is 3.36. The molecule has 1 saturated heterocycles. The van der Waals surface area contributed by atoms with E-state index in [-0.39, 0.29) is 12.5 Å². The van der Waals surface area contributed by atoms with Crippen molar-refractivity contribution in [2.24, 2.45) is 0 Å². The third-order valence-electron chi connectivity index (χ3n) is 5.14. The Kier molecular flexibility index (Phi) is 4.54. The molecule has 0 spiro atoms. The van der Waals surface area contributed by atoms with Crippen molar-refractivity contribution in [3.8, 4) is 23.1 Å². The Bertz CT molecular complexity index is 1230. The van der Waals surface area contributed by atoms with Gasteiger partial charge >= 0.3 is 0 Å². The molecule has 0 saturated carbocycles. The maximum atomic E-state index is 14.7. The number of likely N-dealkylation sites (tertiary alicyclic amines) is 1. The van der Waals surface area contributed by atoms with Crippen molar-refractivity contribution in [3.63, 3.8) is 0 Å². The lowest BCUT2D eigenvalue weighted by Crippen LogP contribution is -2.54. The van der Waals surface area contributed by atoms with E-state index >= 15 is 0 Å². The predicted octanol–water partition coefficient (Wildman–Crippen LogP) is 2.18. The lowest BCUT2D eigenvalue weighted by Gasteiger charge is -2.42. The number of aryl methyl sites for hydroxylation is 1. The van der Waals surface area contributed by atoms with Crippen molar-refractivity contribution in [1.82, 2.24) is 34.9 Å². The summed E-state index contributed by atoms with van der Waals surface area (Å²) in [5, 5.41) is 16.7. The second kappa shape index (κ2) is 7.27. The van der Waals surface area contributed by atoms with Crippen LogP contribution in [-0.2, 0) is 12.3 Å². The van der Waals surface area contributed by atoms with Gasteiger partial charge in [-0.25, -0.2) is 4.39 Å². The summed E-state index contributed by atoms with van der Waals surface area (Å²) in [5.74, 6) is 1.71. The average molecular weight is 425 g/mol. The van der Waals surface area contributed by atoms with E-state index in [9.17, 15) is 4.39 Å². The smallest absolute Gasteiger partial charge is 0.275 e. The molecule has 0 N–H and O–H groups in total. The molecule has 0 aliphatic carbocycles. The van der Waals surface area contributed by atoms with Crippen molar-refractivity contribution >= 4 is 5.65 Å². The van der Waals surface area contributed by atoms with E-state index in [1.54, 1.807) is 37.4 Å². The Balaban J connectivity index is 1.38. The molecule has 1 fully saturated rings. The number of aromatic nitrogens is 6. The Labute approximate surface area is 176 Å². The van der Waals surface area contributed by atoms with Crippen molar-refractivity contribution in [2.45, 2.75) is 19.2 Å². The molecule has 0 bridgehead atoms. The number of halogens is 1. The van der Waals surface area contributed by atoms with E-state index in [1.807, 2.05) is 11.9 Å². The van der Waals surface area contributed by atoms with Gasteiger partial charge in [0.2, 0.25) is 5.82 Å². The van der Waals surface area contributed by atoms with Gasteiger partial charge < -0.3 is 14.0 Å². The number of alkyl halides is 1. The summed E-state index contributed by atoms with van der Waals surface area (Å²) in [4.78, 5) is 6.26. The second-order valence-electron chi connectivity index (χ2n) is 7.60. The van der Waals surface area contributed by atoms with Crippen molar-refractivity contribution < 1.29 is 18.4 Å². The number of ether oxygens (including phenoxy) is 2. The SMILES string of the molecule is COc1cc2nnc(-c3cc(C)on3)n2nc1OCc1ccc(C2(F)CN(C)C2)cn1. The summed E-state index contributed by atoms with van der Waals surface area (Å²) >= 11 is 0. The van der Waals surface area contributed by atoms with Crippen LogP contribution in [0.5, 0.6) is 11.6 Å². The van der Waals surface area contributed by atoms with Gasteiger partial charge in [0.25, 0.3) is 5.88 Å². The molecule has 160 valence electrons. The Morgan fingerprint density at radius 1 is 1.23 bits per heavy atom. The van der Waals surface area contributed by atoms with Crippen LogP contribution in [0, 0.1) is 6.92 Å². The first-order chi connectivity index (χ1) is 14.9. The third kappa shape index (κ3) is 3.46. The minimum atomic E-state index is -1.33. The molecule has 31 heavy (non-hydrogen) atoms. The number of rotatable bonds is 6. The summed E-state index contributed by atoms with van der Waals surface area (Å²) in [6.45, 7) is 2.67. The molecule has 10 nitrogen and oxygen atoms in total. The molecule has 0 radical (unpaired) electrons. The van der Waals surface area contributed by atoms with Crippen LogP contribution in [0.1, 0.15) is 17.0 Å². The van der Waals surface area contributed by atoms with E-state index in [2.05, 4.69) is 25.4 Å². The molecule has 0 amide bonds. The van der Waals surface area contributed by atoms with Crippen LogP contribution in [0.15, 0.2) is 35.0 Å². The molecule has 0 atom stereocenters. The molecule has 1 aliphatic rings. The Morgan fingerprint density at radius 2 is 2.06 bits per heavy atom. The minimum Gasteiger partial charge on any atom is -0.491 e. The Hall–Kier alpha value is -3.60. The first kappa shape index (κ1) is 19.4. The highest BCUT2D eigenvalue weighted by molar-refractivity contribution is 5.56. The monoisotopic (exact) mass is 425 g/mol. The second-order valence-corrected chi connectivity index (χ2v) is 7.60. The largest absolute Gasteiger partial charge is 0.491 e. The minimum absolute atomic E-state index is 0.134. The lowest BCUT2D eigenvalue weighted by molar-refractivity contribution is -0.0197. The zero-order valence-corrected chi connectivity index (χ0v) is 17.2. The number of likely N-dealkylation sites (N-methyl/N-ethyl adjacent to an activating group) is 1. The van der Waals surface area contributed by atoms with Crippen LogP contribution in [0.4, 0.5) is 4.39 Å². The summed E-state index contributed by atoms with van der Waals surface area (Å²) in [7, 11) is 3.40. The van der Waals surface area contributed by atoms with Crippen LogP contribution in [0.3, 0.4) is 0 Å². The van der Waals surface area contributed by atoms with Crippen molar-refractivity contribution in [3.05, 3.63) is 47.5 Å². The van der Waals surface area contributed by atoms with E-state index in [0.717, 1.165) is 0 Å². The van der Waals surface area contributed by atoms with Crippen molar-refractivity contribution in [2.75, 3.05) is 27.2 Å². The number of methoxy groups -OCH3 is 1. The van der Waals surface area contributed by atoms with Gasteiger partial charge in [0.1, 0.15) is 12.4 Å². The van der Waals surface area contributed by atoms with Gasteiger partial charge in [0.15, 0.2) is 22.8 Å². The molecule has 0 unspecified atom stereocenters. The highest BCUT2D eigenvalue weighted by atomic mass is 19.1. The number of fused-ring (bicyclic) bond motifs is 1. The van der Waals surface area contributed by atoms with Crippen LogP contribution in [0.2, 0.25) is 0 Å². The van der Waals surface area contributed by atoms with Gasteiger partial charge in [-0.2, -0.15) is 4.52 Å². The van der Waals surface area contributed by atoms with Gasteiger partial charge in [0, 0.05) is 37.0 Å². The van der Waals surface area contributed by atoms with Gasteiger partial charge in [-0.15, -0.1) is 15.3 Å². The highest BCUT2D eigenvalue weighted by Crippen LogP contribution is 2.34. The maximum absolute atomic E-state index is 14.7. The van der Waals surface area contributed by atoms with Crippen LogP contribution < -0.4 is 9.47 Å². The topological polar surface area (TPSA) is 104 Å². The molecule has 4 aromatic heterocycles. The van der Waals surface area contributed by atoms with Crippen LogP contribution >= 0.6 is 0 Å². The van der Waals surface area contributed by atoms with E-state index in [4.69, 9.17) is 14.0 Å². The fourth-order valence-electron chi connectivity index (χ4n) is 3.59. The zero-order valence-electron chi connectivity index (χ0n) is 17.2. The Morgan fingerprint density at radius 3 is 2.71 bits per heavy atom. The quantitative estimate of drug-likeness (QED) is 0.460. The summed E-state index contributed by atoms with van der Waals surface area (Å²) in [6.07, 6.45) is 1.56. The van der Waals surface area contributed by atoms with Crippen molar-refractivity contribution in [1.29, 1.82) is 0 Å². The van der Waals surface area contributed by atoms with Crippen LogP contribution in [-0.4, -0.2) is 62.1 Å². The van der Waals surface area contributed by atoms with E-state index < -0.39 is 5.67 Å². The molecular formula is C20H20FN7O3. The third-order valence-corrected chi connectivity index (χ3v) is 5.14. The zero-order chi connectivity index (χ0) is 21.6. The lowest BCUT2D eigenvalue weighted by atomic mass is 9.89. The summed E-state index contributed by atoms with van der Waals surface area (Å²) in [6, 6.07) is 6.91. The summed E-state index contributed by atoms with van der Waals surface area (Å²) in [5.41, 5.74) is 0.860. The molecular weight excluding hydrogens is 405 g/mol. The first-order valence-electron chi connectivity index (χ1n) is 9.65. The number of hydrogen-bond acceptors (Lipinski definition) is 9. The fourth-order valence-corrected chi connectivity index (χ4v) is 3.59. The van der Waals surface area contributed by atoms with Gasteiger partial charge in [0.05, 0.1) is 12.8 Å². The molecule has 1 aliphatic heterocycles. The number of nitrogens with zero attached hydrogens (tertiary/aromatic N) is 7. The molecule has 5 rings (SSSR count). The number of hydrogen-bond donors (Lipinski definition) is 0. The fraction of sp³-hybridized carbons (Fsp3) is 0.350.